The van der Waals surface area contributed by atoms with Crippen molar-refractivity contribution < 1.29 is 9.63 Å². The molecule has 0 saturated heterocycles. The van der Waals surface area contributed by atoms with Crippen LogP contribution in [-0.4, -0.2) is 35.7 Å². The van der Waals surface area contributed by atoms with Gasteiger partial charge in [0.1, 0.15) is 0 Å². The number of rotatable bonds is 6. The molecule has 0 aliphatic carbocycles. The molecule has 1 aromatic carbocycles. The van der Waals surface area contributed by atoms with Crippen molar-refractivity contribution in [3.63, 3.8) is 0 Å². The molecular weight excluding hydrogens is 379 g/mol. The first-order chi connectivity index (χ1) is 12.1. The highest BCUT2D eigenvalue weighted by Crippen LogP contribution is 2.26. The van der Waals surface area contributed by atoms with Gasteiger partial charge in [-0.15, -0.1) is 11.3 Å². The summed E-state index contributed by atoms with van der Waals surface area (Å²) in [5.41, 5.74) is 1.71. The van der Waals surface area contributed by atoms with E-state index in [9.17, 15) is 4.79 Å². The second kappa shape index (κ2) is 8.21. The minimum Gasteiger partial charge on any atom is -0.390 e. The lowest BCUT2D eigenvalue weighted by Gasteiger charge is -2.23. The molecule has 132 valence electrons. The molecule has 4 nitrogen and oxygen atoms in total. The first kappa shape index (κ1) is 18.2. The number of hydrogen-bond donors (Lipinski definition) is 0. The van der Waals surface area contributed by atoms with Crippen LogP contribution in [0.2, 0.25) is 10.0 Å². The average Bonchev–Trinajstić information content (AvgIpc) is 3.28. The summed E-state index contributed by atoms with van der Waals surface area (Å²) in [6.45, 7) is 3.26. The Labute approximate surface area is 161 Å². The number of nitrogens with zero attached hydrogens (tertiary/aromatic N) is 2. The summed E-state index contributed by atoms with van der Waals surface area (Å²) in [6, 6.07) is 9.15. The molecule has 2 aromatic rings. The molecule has 7 heteroatoms. The fourth-order valence-electron chi connectivity index (χ4n) is 2.72. The second-order valence-electron chi connectivity index (χ2n) is 5.83. The van der Waals surface area contributed by atoms with Crippen LogP contribution in [0, 0.1) is 0 Å². The van der Waals surface area contributed by atoms with Gasteiger partial charge in [0.2, 0.25) is 0 Å². The van der Waals surface area contributed by atoms with Gasteiger partial charge in [-0.3, -0.25) is 4.79 Å². The van der Waals surface area contributed by atoms with E-state index in [0.29, 0.717) is 29.6 Å². The Morgan fingerprint density at radius 3 is 2.88 bits per heavy atom. The summed E-state index contributed by atoms with van der Waals surface area (Å²) >= 11 is 13.5. The van der Waals surface area contributed by atoms with E-state index in [1.54, 1.807) is 12.1 Å². The van der Waals surface area contributed by atoms with Gasteiger partial charge >= 0.3 is 0 Å². The van der Waals surface area contributed by atoms with Gasteiger partial charge in [0.25, 0.3) is 5.91 Å². The first-order valence-corrected chi connectivity index (χ1v) is 9.73. The van der Waals surface area contributed by atoms with Crippen molar-refractivity contribution >= 4 is 46.2 Å². The van der Waals surface area contributed by atoms with Crippen molar-refractivity contribution in [3.05, 3.63) is 56.2 Å². The maximum atomic E-state index is 12.6. The number of halogens is 2. The van der Waals surface area contributed by atoms with Crippen molar-refractivity contribution in [3.8, 4) is 0 Å². The molecule has 0 bridgehead atoms. The number of thiophene rings is 1. The molecule has 0 unspecified atom stereocenters. The van der Waals surface area contributed by atoms with E-state index in [4.69, 9.17) is 28.0 Å². The fourth-order valence-corrected chi connectivity index (χ4v) is 3.71. The Morgan fingerprint density at radius 1 is 1.36 bits per heavy atom. The number of benzene rings is 1. The lowest BCUT2D eigenvalue weighted by Crippen LogP contribution is -2.37. The summed E-state index contributed by atoms with van der Waals surface area (Å²) in [5.74, 6) is 0.0448. The zero-order valence-corrected chi connectivity index (χ0v) is 16.1. The maximum absolute atomic E-state index is 12.6. The molecule has 1 aliphatic heterocycles. The highest BCUT2D eigenvalue weighted by atomic mass is 35.5. The quantitative estimate of drug-likeness (QED) is 0.681. The van der Waals surface area contributed by atoms with Crippen LogP contribution >= 0.6 is 34.5 Å². The zero-order valence-electron chi connectivity index (χ0n) is 13.7. The summed E-state index contributed by atoms with van der Waals surface area (Å²) in [4.78, 5) is 20.8. The first-order valence-electron chi connectivity index (χ1n) is 8.09. The largest absolute Gasteiger partial charge is 0.390 e. The van der Waals surface area contributed by atoms with E-state index in [1.807, 2.05) is 28.5 Å². The molecule has 0 radical (unpaired) electrons. The highest BCUT2D eigenvalue weighted by molar-refractivity contribution is 7.12. The lowest BCUT2D eigenvalue weighted by atomic mass is 10.0. The Balaban J connectivity index is 1.65. The van der Waals surface area contributed by atoms with Gasteiger partial charge in [0.15, 0.2) is 6.10 Å². The molecule has 3 rings (SSSR count). The van der Waals surface area contributed by atoms with Crippen LogP contribution in [0.1, 0.15) is 35.0 Å². The van der Waals surface area contributed by atoms with E-state index >= 15 is 0 Å². The summed E-state index contributed by atoms with van der Waals surface area (Å²) in [7, 11) is 0. The van der Waals surface area contributed by atoms with Crippen molar-refractivity contribution in [1.82, 2.24) is 4.90 Å². The Bertz CT molecular complexity index is 777. The fraction of sp³-hybridized carbons (Fsp3) is 0.333. The molecule has 25 heavy (non-hydrogen) atoms. The van der Waals surface area contributed by atoms with E-state index in [1.165, 1.54) is 11.3 Å². The van der Waals surface area contributed by atoms with Crippen LogP contribution in [0.4, 0.5) is 0 Å². The summed E-state index contributed by atoms with van der Waals surface area (Å²) in [6.07, 6.45) is 1.38. The number of oxime groups is 1. The Kier molecular flexibility index (Phi) is 5.99. The minimum absolute atomic E-state index is 0.0448. The second-order valence-corrected chi connectivity index (χ2v) is 7.59. The van der Waals surface area contributed by atoms with Crippen LogP contribution in [0.3, 0.4) is 0 Å². The third-order valence-corrected chi connectivity index (χ3v) is 5.52. The van der Waals surface area contributed by atoms with Gasteiger partial charge < -0.3 is 9.74 Å². The third-order valence-electron chi connectivity index (χ3n) is 3.92. The average molecular weight is 397 g/mol. The predicted octanol–water partition coefficient (Wildman–Crippen LogP) is 5.10. The van der Waals surface area contributed by atoms with Gasteiger partial charge in [-0.2, -0.15) is 0 Å². The van der Waals surface area contributed by atoms with E-state index < -0.39 is 0 Å². The zero-order chi connectivity index (χ0) is 17.8. The van der Waals surface area contributed by atoms with Crippen molar-refractivity contribution in [2.75, 3.05) is 13.1 Å². The van der Waals surface area contributed by atoms with Gasteiger partial charge in [-0.05, 0) is 30.0 Å². The van der Waals surface area contributed by atoms with Gasteiger partial charge in [0, 0.05) is 18.5 Å². The summed E-state index contributed by atoms with van der Waals surface area (Å²) in [5, 5.41) is 7.09. The smallest absolute Gasteiger partial charge is 0.264 e. The number of hydrogen-bond acceptors (Lipinski definition) is 4. The monoisotopic (exact) mass is 396 g/mol. The third kappa shape index (κ3) is 4.35. The van der Waals surface area contributed by atoms with Crippen LogP contribution < -0.4 is 0 Å². The lowest BCUT2D eigenvalue weighted by molar-refractivity contribution is 0.0426. The molecule has 2 heterocycles. The van der Waals surface area contributed by atoms with Gasteiger partial charge in [-0.1, -0.05) is 47.4 Å². The van der Waals surface area contributed by atoms with E-state index in [-0.39, 0.29) is 12.0 Å². The topological polar surface area (TPSA) is 41.9 Å². The SMILES string of the molecule is CCCN(C[C@@H]1CC(c2ccc(Cl)c(Cl)c2)=NO1)C(=O)c1cccs1. The molecule has 0 fully saturated rings. The molecule has 1 aromatic heterocycles. The maximum Gasteiger partial charge on any atom is 0.264 e. The Hall–Kier alpha value is -1.56. The number of carbonyl (C=O) groups excluding carboxylic acids is 1. The minimum atomic E-state index is -0.153. The molecular formula is C18H18Cl2N2O2S. The van der Waals surface area contributed by atoms with Crippen LogP contribution in [0.15, 0.2) is 40.9 Å². The van der Waals surface area contributed by atoms with E-state index in [2.05, 4.69) is 12.1 Å². The standard InChI is InChI=1S/C18H18Cl2N2O2S/c1-2-7-22(18(23)17-4-3-8-25-17)11-13-10-16(21-24-13)12-5-6-14(19)15(20)9-12/h3-6,8-9,13H,2,7,10-11H2,1H3/t13-/m0/s1. The van der Waals surface area contributed by atoms with Crippen molar-refractivity contribution in [2.45, 2.75) is 25.9 Å². The molecule has 1 atom stereocenters. The highest BCUT2D eigenvalue weighted by Gasteiger charge is 2.27. The number of carbonyl (C=O) groups is 1. The van der Waals surface area contributed by atoms with Crippen LogP contribution in [-0.2, 0) is 4.84 Å². The van der Waals surface area contributed by atoms with Crippen LogP contribution in [0.25, 0.3) is 0 Å². The predicted molar refractivity (Wildman–Crippen MR) is 103 cm³/mol. The van der Waals surface area contributed by atoms with E-state index in [0.717, 1.165) is 22.6 Å². The van der Waals surface area contributed by atoms with Crippen molar-refractivity contribution in [1.29, 1.82) is 0 Å². The summed E-state index contributed by atoms with van der Waals surface area (Å²) < 4.78 is 0. The Morgan fingerprint density at radius 2 is 2.20 bits per heavy atom. The normalized spacial score (nSPS) is 16.4. The molecule has 1 aliphatic rings. The molecule has 0 N–H and O–H groups in total. The molecule has 1 amide bonds. The van der Waals surface area contributed by atoms with Crippen molar-refractivity contribution in [2.24, 2.45) is 5.16 Å². The van der Waals surface area contributed by atoms with Gasteiger partial charge in [0.05, 0.1) is 27.2 Å². The van der Waals surface area contributed by atoms with Gasteiger partial charge in [-0.25, -0.2) is 0 Å². The molecule has 0 spiro atoms. The molecule has 0 saturated carbocycles. The number of amides is 1. The van der Waals surface area contributed by atoms with Crippen LogP contribution in [0.5, 0.6) is 0 Å².